The summed E-state index contributed by atoms with van der Waals surface area (Å²) in [5.41, 5.74) is 15.7. The summed E-state index contributed by atoms with van der Waals surface area (Å²) in [5, 5.41) is 4.78. The van der Waals surface area contributed by atoms with Gasteiger partial charge in [-0.25, -0.2) is 0 Å². The van der Waals surface area contributed by atoms with Crippen LogP contribution in [-0.2, 0) is 5.41 Å². The van der Waals surface area contributed by atoms with Crippen LogP contribution in [0.4, 0.5) is 17.1 Å². The molecule has 0 N–H and O–H groups in total. The molecule has 11 aromatic rings. The van der Waals surface area contributed by atoms with Crippen LogP contribution in [0.5, 0.6) is 0 Å². The maximum atomic E-state index is 6.73. The minimum absolute atomic E-state index is 0.545. The number of hydrogen-bond acceptors (Lipinski definition) is 3. The van der Waals surface area contributed by atoms with E-state index in [0.717, 1.165) is 39.0 Å². The molecule has 4 heteroatoms. The maximum absolute atomic E-state index is 6.73. The van der Waals surface area contributed by atoms with Crippen molar-refractivity contribution in [3.05, 3.63) is 229 Å². The zero-order chi connectivity index (χ0) is 38.7. The van der Waals surface area contributed by atoms with E-state index in [-0.39, 0.29) is 0 Å². The Kier molecular flexibility index (Phi) is 6.87. The summed E-state index contributed by atoms with van der Waals surface area (Å²) in [6, 6.07) is 75.5. The molecule has 1 atom stereocenters. The summed E-state index contributed by atoms with van der Waals surface area (Å²) in [7, 11) is 0. The summed E-state index contributed by atoms with van der Waals surface area (Å²) >= 11 is 1.87. The molecule has 4 heterocycles. The number of benzene rings is 9. The monoisotopic (exact) mass is 770 g/mol. The molecule has 1 spiro atoms. The zero-order valence-electron chi connectivity index (χ0n) is 31.8. The van der Waals surface area contributed by atoms with Crippen molar-refractivity contribution >= 4 is 72.6 Å². The van der Waals surface area contributed by atoms with Crippen molar-refractivity contribution in [1.29, 1.82) is 0 Å². The first-order chi connectivity index (χ1) is 29.3. The van der Waals surface area contributed by atoms with Crippen molar-refractivity contribution < 1.29 is 4.42 Å². The van der Waals surface area contributed by atoms with E-state index in [0.29, 0.717) is 0 Å². The predicted molar refractivity (Wildman–Crippen MR) is 244 cm³/mol. The Hall–Kier alpha value is -7.27. The van der Waals surface area contributed by atoms with Crippen molar-refractivity contribution in [1.82, 2.24) is 4.57 Å². The number of fused-ring (bicyclic) bond motifs is 14. The number of hydrogen-bond donors (Lipinski definition) is 0. The van der Waals surface area contributed by atoms with E-state index in [4.69, 9.17) is 4.42 Å². The van der Waals surface area contributed by atoms with Crippen LogP contribution in [0.2, 0.25) is 0 Å². The first kappa shape index (κ1) is 32.8. The molecule has 0 saturated carbocycles. The quantitative estimate of drug-likeness (QED) is 0.178. The Balaban J connectivity index is 1.08. The molecule has 2 aliphatic heterocycles. The number of para-hydroxylation sites is 5. The third-order valence-corrected chi connectivity index (χ3v) is 13.8. The van der Waals surface area contributed by atoms with E-state index in [9.17, 15) is 0 Å². The van der Waals surface area contributed by atoms with Crippen LogP contribution in [0, 0.1) is 0 Å². The van der Waals surface area contributed by atoms with Crippen LogP contribution in [0.15, 0.2) is 220 Å². The van der Waals surface area contributed by atoms with Crippen LogP contribution in [0.25, 0.3) is 60.6 Å². The van der Waals surface area contributed by atoms with Gasteiger partial charge < -0.3 is 13.9 Å². The van der Waals surface area contributed by atoms with Gasteiger partial charge in [0.25, 0.3) is 0 Å². The predicted octanol–water partition coefficient (Wildman–Crippen LogP) is 15.0. The fraction of sp³-hybridized carbons (Fsp3) is 0.0182. The lowest BCUT2D eigenvalue weighted by molar-refractivity contribution is 0.669. The van der Waals surface area contributed by atoms with Crippen LogP contribution in [0.1, 0.15) is 22.3 Å². The van der Waals surface area contributed by atoms with Crippen molar-refractivity contribution in [3.8, 4) is 16.8 Å². The van der Waals surface area contributed by atoms with Crippen LogP contribution >= 0.6 is 11.8 Å². The van der Waals surface area contributed by atoms with Crippen molar-refractivity contribution in [2.24, 2.45) is 0 Å². The summed E-state index contributed by atoms with van der Waals surface area (Å²) in [5.74, 6) is 0. The van der Waals surface area contributed by atoms with E-state index in [1.54, 1.807) is 0 Å². The molecule has 59 heavy (non-hydrogen) atoms. The molecule has 0 radical (unpaired) electrons. The lowest BCUT2D eigenvalue weighted by Gasteiger charge is -2.45. The minimum atomic E-state index is -0.545. The number of furan rings is 1. The third kappa shape index (κ3) is 4.49. The van der Waals surface area contributed by atoms with Crippen molar-refractivity contribution in [2.45, 2.75) is 15.2 Å². The second kappa shape index (κ2) is 12.4. The van der Waals surface area contributed by atoms with E-state index in [2.05, 4.69) is 210 Å². The topological polar surface area (TPSA) is 21.3 Å². The normalized spacial score (nSPS) is 15.1. The largest absolute Gasteiger partial charge is 0.454 e. The zero-order valence-corrected chi connectivity index (χ0v) is 32.7. The van der Waals surface area contributed by atoms with Gasteiger partial charge in [-0.1, -0.05) is 163 Å². The van der Waals surface area contributed by atoms with Gasteiger partial charge in [-0.15, -0.1) is 0 Å². The number of anilines is 3. The van der Waals surface area contributed by atoms with Crippen molar-refractivity contribution in [2.75, 3.05) is 4.90 Å². The summed E-state index contributed by atoms with van der Waals surface area (Å²) in [6.45, 7) is 0. The SMILES string of the molecule is c1ccc(-c2ccc(N(c3ccc4c(c3)Sc3ccccc3C43c4ccccc4-n4c5ccccc5c5cccc3c54)c3cccc4c3oc3ccccc34)cc2)cc1. The molecule has 0 amide bonds. The van der Waals surface area contributed by atoms with Gasteiger partial charge in [-0.3, -0.25) is 0 Å². The summed E-state index contributed by atoms with van der Waals surface area (Å²) < 4.78 is 9.24. The highest BCUT2D eigenvalue weighted by molar-refractivity contribution is 7.99. The molecule has 2 aromatic heterocycles. The molecular weight excluding hydrogens is 737 g/mol. The van der Waals surface area contributed by atoms with Gasteiger partial charge in [0.15, 0.2) is 5.58 Å². The smallest absolute Gasteiger partial charge is 0.159 e. The molecule has 276 valence electrons. The fourth-order valence-corrected chi connectivity index (χ4v) is 11.5. The molecule has 0 aliphatic carbocycles. The molecule has 0 bridgehead atoms. The molecule has 3 nitrogen and oxygen atoms in total. The van der Waals surface area contributed by atoms with Gasteiger partial charge in [0.1, 0.15) is 5.58 Å². The second-order valence-electron chi connectivity index (χ2n) is 15.6. The molecule has 2 aliphatic rings. The van der Waals surface area contributed by atoms with Crippen LogP contribution < -0.4 is 4.90 Å². The Bertz CT molecular complexity index is 3490. The van der Waals surface area contributed by atoms with Crippen LogP contribution in [-0.4, -0.2) is 4.57 Å². The molecule has 0 fully saturated rings. The fourth-order valence-electron chi connectivity index (χ4n) is 10.2. The molecule has 0 saturated heterocycles. The number of aromatic nitrogens is 1. The molecule has 13 rings (SSSR count). The Morgan fingerprint density at radius 3 is 1.98 bits per heavy atom. The lowest BCUT2D eigenvalue weighted by Crippen LogP contribution is -2.37. The Labute approximate surface area is 345 Å². The van der Waals surface area contributed by atoms with Gasteiger partial charge in [0, 0.05) is 42.7 Å². The Morgan fingerprint density at radius 1 is 0.441 bits per heavy atom. The standard InChI is InChI=1S/C55H34N2OS/c1-2-14-35(15-3-1)36-28-30-37(31-29-36)56(49-25-13-19-42-40-17-5-10-26-50(40)58-54(42)49)38-32-33-45-52(34-38)59-51-27-11-7-21-44(51)55(45)43-20-6-9-24-48(43)57-47-23-8-4-16-39(47)41-18-12-22-46(55)53(41)57/h1-34H. The van der Waals surface area contributed by atoms with E-state index in [1.807, 2.05) is 17.8 Å². The maximum Gasteiger partial charge on any atom is 0.159 e. The van der Waals surface area contributed by atoms with Gasteiger partial charge in [-0.05, 0) is 88.0 Å². The second-order valence-corrected chi connectivity index (χ2v) is 16.7. The van der Waals surface area contributed by atoms with Gasteiger partial charge >= 0.3 is 0 Å². The lowest BCUT2D eigenvalue weighted by atomic mass is 9.63. The summed E-state index contributed by atoms with van der Waals surface area (Å²) in [4.78, 5) is 4.88. The van der Waals surface area contributed by atoms with Crippen LogP contribution in [0.3, 0.4) is 0 Å². The first-order valence-corrected chi connectivity index (χ1v) is 21.0. The first-order valence-electron chi connectivity index (χ1n) is 20.2. The van der Waals surface area contributed by atoms with E-state index in [1.165, 1.54) is 70.7 Å². The van der Waals surface area contributed by atoms with E-state index < -0.39 is 5.41 Å². The Morgan fingerprint density at radius 2 is 1.08 bits per heavy atom. The highest BCUT2D eigenvalue weighted by Crippen LogP contribution is 2.61. The average Bonchev–Trinajstić information content (AvgIpc) is 3.86. The van der Waals surface area contributed by atoms with Crippen molar-refractivity contribution in [3.63, 3.8) is 0 Å². The average molecular weight is 771 g/mol. The highest BCUT2D eigenvalue weighted by Gasteiger charge is 2.49. The summed E-state index contributed by atoms with van der Waals surface area (Å²) in [6.07, 6.45) is 0. The van der Waals surface area contributed by atoms with E-state index >= 15 is 0 Å². The number of nitrogens with zero attached hydrogens (tertiary/aromatic N) is 2. The molecular formula is C55H34N2OS. The van der Waals surface area contributed by atoms with Gasteiger partial charge in [0.05, 0.1) is 27.8 Å². The third-order valence-electron chi connectivity index (χ3n) is 12.6. The van der Waals surface area contributed by atoms with Gasteiger partial charge in [0.2, 0.25) is 0 Å². The van der Waals surface area contributed by atoms with Gasteiger partial charge in [-0.2, -0.15) is 0 Å². The molecule has 1 unspecified atom stereocenters. The molecule has 9 aromatic carbocycles. The number of rotatable bonds is 4. The highest BCUT2D eigenvalue weighted by atomic mass is 32.2. The minimum Gasteiger partial charge on any atom is -0.454 e.